The van der Waals surface area contributed by atoms with Crippen LogP contribution in [0, 0.1) is 0 Å². The van der Waals surface area contributed by atoms with Gasteiger partial charge in [-0.25, -0.2) is 4.52 Å². The number of aromatic nitrogens is 3. The largest absolute Gasteiger partial charge is 0.370 e. The van der Waals surface area contributed by atoms with Gasteiger partial charge in [0.2, 0.25) is 0 Å². The summed E-state index contributed by atoms with van der Waals surface area (Å²) in [5.74, 6) is 0. The molecule has 1 N–H and O–H groups in total. The number of fused-ring (bicyclic) bond motifs is 1. The zero-order chi connectivity index (χ0) is 23.1. The van der Waals surface area contributed by atoms with E-state index in [0.717, 1.165) is 49.7 Å². The van der Waals surface area contributed by atoms with E-state index in [4.69, 9.17) is 18.9 Å². The number of hydrogen-bond donors (Lipinski definition) is 1. The number of aromatic amines is 1. The number of hydrogen-bond acceptors (Lipinski definition) is 6. The summed E-state index contributed by atoms with van der Waals surface area (Å²) in [6, 6.07) is 1.96. The molecule has 4 atom stereocenters. The Morgan fingerprint density at radius 1 is 1.12 bits per heavy atom. The van der Waals surface area contributed by atoms with Gasteiger partial charge in [-0.2, -0.15) is 5.10 Å². The van der Waals surface area contributed by atoms with Crippen LogP contribution in [0.1, 0.15) is 78.0 Å². The van der Waals surface area contributed by atoms with Gasteiger partial charge in [0, 0.05) is 19.8 Å². The predicted octanol–water partition coefficient (Wildman–Crippen LogP) is 2.26. The van der Waals surface area contributed by atoms with Crippen molar-refractivity contribution in [3.05, 3.63) is 28.4 Å². The molecule has 0 spiro atoms. The zero-order valence-corrected chi connectivity index (χ0v) is 20.2. The second kappa shape index (κ2) is 11.5. The van der Waals surface area contributed by atoms with E-state index >= 15 is 0 Å². The summed E-state index contributed by atoms with van der Waals surface area (Å²) in [4.78, 5) is 15.1. The Bertz CT molecular complexity index is 917. The van der Waals surface area contributed by atoms with Crippen LogP contribution in [0.5, 0.6) is 0 Å². The van der Waals surface area contributed by atoms with Crippen LogP contribution in [0.15, 0.2) is 17.2 Å². The van der Waals surface area contributed by atoms with Crippen molar-refractivity contribution in [1.29, 1.82) is 0 Å². The summed E-state index contributed by atoms with van der Waals surface area (Å²) in [5, 5.41) is 4.41. The third-order valence-electron chi connectivity index (χ3n) is 6.14. The van der Waals surface area contributed by atoms with Crippen LogP contribution in [-0.2, 0) is 18.9 Å². The van der Waals surface area contributed by atoms with E-state index in [1.54, 1.807) is 4.52 Å². The van der Waals surface area contributed by atoms with Gasteiger partial charge in [0.1, 0.15) is 37.5 Å². The van der Waals surface area contributed by atoms with E-state index < -0.39 is 18.0 Å². The first-order valence-corrected chi connectivity index (χ1v) is 12.1. The van der Waals surface area contributed by atoms with Gasteiger partial charge in [-0.15, -0.1) is 0 Å². The fraction of sp³-hybridized carbons (Fsp3) is 0.739. The van der Waals surface area contributed by atoms with Crippen molar-refractivity contribution in [3.8, 4) is 0 Å². The van der Waals surface area contributed by atoms with Gasteiger partial charge >= 0.3 is 0 Å². The Balaban J connectivity index is 2.01. The first-order valence-electron chi connectivity index (χ1n) is 12.1. The number of nitrogens with zero attached hydrogens (tertiary/aromatic N) is 2. The molecule has 0 amide bonds. The minimum Gasteiger partial charge on any atom is -0.370 e. The lowest BCUT2D eigenvalue weighted by Gasteiger charge is -2.35. The van der Waals surface area contributed by atoms with Crippen molar-refractivity contribution < 1.29 is 18.9 Å². The van der Waals surface area contributed by atoms with Crippen LogP contribution in [0.25, 0.3) is 5.52 Å². The fourth-order valence-corrected chi connectivity index (χ4v) is 4.23. The second-order valence-electron chi connectivity index (χ2n) is 8.77. The molecule has 0 bridgehead atoms. The molecule has 0 aromatic carbocycles. The van der Waals surface area contributed by atoms with E-state index in [9.17, 15) is 4.79 Å². The molecule has 0 aliphatic carbocycles. The molecular formula is C23H38BN3O5. The van der Waals surface area contributed by atoms with Crippen molar-refractivity contribution in [2.24, 2.45) is 0 Å². The Hall–Kier alpha value is -1.68. The number of ether oxygens (including phenoxy) is 4. The fourth-order valence-electron chi connectivity index (χ4n) is 4.23. The van der Waals surface area contributed by atoms with Gasteiger partial charge in [0.15, 0.2) is 6.29 Å². The van der Waals surface area contributed by atoms with Crippen LogP contribution in [0.3, 0.4) is 0 Å². The standard InChI is InChI=1S/C23H38BN3O5/c1-5-8-11-29-20-22(30-12-9-6-2)32-19(23(20,4)31-13-10-7-3)17-14-16(24)18-21(28)25-15-26-27(17)18/h14-15,19-20,22H,5-13,24H2,1-4H3,(H,25,26,28)/t19-,20+,22?,23-/m0/s1. The van der Waals surface area contributed by atoms with E-state index in [0.29, 0.717) is 25.3 Å². The quantitative estimate of drug-likeness (QED) is 0.375. The summed E-state index contributed by atoms with van der Waals surface area (Å²) in [6.45, 7) is 10.3. The molecule has 1 aliphatic heterocycles. The molecule has 1 aliphatic rings. The van der Waals surface area contributed by atoms with Crippen LogP contribution in [0.4, 0.5) is 0 Å². The zero-order valence-electron chi connectivity index (χ0n) is 20.2. The highest BCUT2D eigenvalue weighted by molar-refractivity contribution is 6.36. The highest BCUT2D eigenvalue weighted by Gasteiger charge is 2.57. The van der Waals surface area contributed by atoms with Crippen LogP contribution >= 0.6 is 0 Å². The Morgan fingerprint density at radius 2 is 1.78 bits per heavy atom. The second-order valence-corrected chi connectivity index (χ2v) is 8.77. The van der Waals surface area contributed by atoms with Gasteiger partial charge < -0.3 is 23.9 Å². The maximum Gasteiger partial charge on any atom is 0.274 e. The molecule has 32 heavy (non-hydrogen) atoms. The monoisotopic (exact) mass is 447 g/mol. The summed E-state index contributed by atoms with van der Waals surface area (Å²) >= 11 is 0. The van der Waals surface area contributed by atoms with Crippen molar-refractivity contribution >= 4 is 18.8 Å². The molecule has 2 aromatic heterocycles. The third kappa shape index (κ3) is 5.11. The normalized spacial score (nSPS) is 25.7. The van der Waals surface area contributed by atoms with Gasteiger partial charge in [-0.3, -0.25) is 4.79 Å². The van der Waals surface area contributed by atoms with E-state index in [1.165, 1.54) is 6.33 Å². The molecule has 1 saturated heterocycles. The summed E-state index contributed by atoms with van der Waals surface area (Å²) < 4.78 is 27.2. The number of nitrogens with one attached hydrogen (secondary N) is 1. The van der Waals surface area contributed by atoms with Crippen molar-refractivity contribution in [2.45, 2.75) is 90.3 Å². The summed E-state index contributed by atoms with van der Waals surface area (Å²) in [5.41, 5.74) is 1.16. The number of H-pyrrole nitrogens is 1. The average molecular weight is 447 g/mol. The number of unbranched alkanes of at least 4 members (excludes halogenated alkanes) is 3. The molecule has 0 radical (unpaired) electrons. The molecule has 1 unspecified atom stereocenters. The Kier molecular flexibility index (Phi) is 8.93. The highest BCUT2D eigenvalue weighted by Crippen LogP contribution is 2.46. The first-order chi connectivity index (χ1) is 15.5. The van der Waals surface area contributed by atoms with Gasteiger partial charge in [-0.05, 0) is 32.3 Å². The highest BCUT2D eigenvalue weighted by atomic mass is 16.7. The number of rotatable bonds is 13. The lowest BCUT2D eigenvalue weighted by Crippen LogP contribution is -2.47. The average Bonchev–Trinajstić information content (AvgIpc) is 3.24. The molecule has 3 rings (SSSR count). The molecule has 3 heterocycles. The molecular weight excluding hydrogens is 409 g/mol. The molecule has 8 nitrogen and oxygen atoms in total. The van der Waals surface area contributed by atoms with Crippen LogP contribution in [0.2, 0.25) is 0 Å². The van der Waals surface area contributed by atoms with Crippen molar-refractivity contribution in [3.63, 3.8) is 0 Å². The maximum atomic E-state index is 12.4. The molecule has 0 saturated carbocycles. The Morgan fingerprint density at radius 3 is 2.47 bits per heavy atom. The van der Waals surface area contributed by atoms with Gasteiger partial charge in [0.05, 0.1) is 5.69 Å². The summed E-state index contributed by atoms with van der Waals surface area (Å²) in [7, 11) is 1.91. The minimum atomic E-state index is -0.787. The smallest absolute Gasteiger partial charge is 0.274 e. The minimum absolute atomic E-state index is 0.179. The molecule has 178 valence electrons. The van der Waals surface area contributed by atoms with E-state index in [-0.39, 0.29) is 11.7 Å². The van der Waals surface area contributed by atoms with E-state index in [1.807, 2.05) is 20.8 Å². The Labute approximate surface area is 191 Å². The molecule has 2 aromatic rings. The lowest BCUT2D eigenvalue weighted by molar-refractivity contribution is -0.184. The molecule has 1 fully saturated rings. The van der Waals surface area contributed by atoms with E-state index in [2.05, 4.69) is 30.9 Å². The lowest BCUT2D eigenvalue weighted by atomic mass is 9.90. The van der Waals surface area contributed by atoms with Gasteiger partial charge in [-0.1, -0.05) is 45.5 Å². The predicted molar refractivity (Wildman–Crippen MR) is 126 cm³/mol. The topological polar surface area (TPSA) is 87.1 Å². The SMILES string of the molecule is Bc1cc([C@@H]2OC(OCCCC)[C@@H](OCCCC)[C@@]2(C)OCCCC)n2nc[nH]c(=O)c12. The van der Waals surface area contributed by atoms with Crippen LogP contribution in [-0.4, -0.2) is 60.3 Å². The van der Waals surface area contributed by atoms with Crippen molar-refractivity contribution in [2.75, 3.05) is 19.8 Å². The van der Waals surface area contributed by atoms with Crippen LogP contribution < -0.4 is 11.0 Å². The first kappa shape index (κ1) is 25.0. The summed E-state index contributed by atoms with van der Waals surface area (Å²) in [6.07, 6.45) is 5.93. The maximum absolute atomic E-state index is 12.4. The third-order valence-corrected chi connectivity index (χ3v) is 6.14. The van der Waals surface area contributed by atoms with Gasteiger partial charge in [0.25, 0.3) is 5.56 Å². The van der Waals surface area contributed by atoms with Crippen molar-refractivity contribution in [1.82, 2.24) is 14.6 Å². The molecule has 9 heteroatoms.